The van der Waals surface area contributed by atoms with Crippen LogP contribution >= 0.6 is 0 Å². The normalized spacial score (nSPS) is 12.6. The number of carboxylic acids is 1. The highest BCUT2D eigenvalue weighted by Crippen LogP contribution is 2.28. The van der Waals surface area contributed by atoms with E-state index in [-0.39, 0.29) is 11.3 Å². The molecule has 0 aliphatic rings. The molecule has 0 fully saturated rings. The number of aliphatic carboxylic acids is 1. The molecule has 0 saturated carbocycles. The molecule has 8 nitrogen and oxygen atoms in total. The minimum atomic E-state index is -1.13. The number of pyridine rings is 1. The van der Waals surface area contributed by atoms with Gasteiger partial charge < -0.3 is 5.11 Å². The van der Waals surface area contributed by atoms with E-state index in [0.29, 0.717) is 22.4 Å². The van der Waals surface area contributed by atoms with Gasteiger partial charge in [0.15, 0.2) is 11.2 Å². The van der Waals surface area contributed by atoms with Crippen molar-refractivity contribution < 1.29 is 14.3 Å². The lowest BCUT2D eigenvalue weighted by molar-refractivity contribution is -0.140. The zero-order valence-electron chi connectivity index (χ0n) is 14.4. The van der Waals surface area contributed by atoms with Crippen LogP contribution in [-0.4, -0.2) is 35.5 Å². The summed E-state index contributed by atoms with van der Waals surface area (Å²) in [6, 6.07) is 6.49. The second-order valence-electron chi connectivity index (χ2n) is 6.18. The van der Waals surface area contributed by atoms with Crippen molar-refractivity contribution in [3.8, 4) is 11.1 Å². The largest absolute Gasteiger partial charge is 0.480 e. The molecule has 0 aliphatic heterocycles. The van der Waals surface area contributed by atoms with Crippen LogP contribution in [0.2, 0.25) is 0 Å². The fourth-order valence-electron chi connectivity index (χ4n) is 3.05. The molecule has 0 spiro atoms. The van der Waals surface area contributed by atoms with Gasteiger partial charge in [-0.25, -0.2) is 13.7 Å². The quantitative estimate of drug-likeness (QED) is 0.595. The third-order valence-corrected chi connectivity index (χ3v) is 4.49. The molecule has 1 atom stereocenters. The topological polar surface area (TPSA) is 102 Å². The van der Waals surface area contributed by atoms with Crippen molar-refractivity contribution in [2.24, 2.45) is 0 Å². The highest BCUT2D eigenvalue weighted by atomic mass is 19.1. The molecular weight excluding hydrogens is 353 g/mol. The molecule has 3 heterocycles. The van der Waals surface area contributed by atoms with Gasteiger partial charge in [-0.15, -0.1) is 10.2 Å². The highest BCUT2D eigenvalue weighted by molar-refractivity contribution is 5.84. The van der Waals surface area contributed by atoms with Crippen molar-refractivity contribution >= 4 is 22.6 Å². The van der Waals surface area contributed by atoms with Gasteiger partial charge >= 0.3 is 5.97 Å². The lowest BCUT2D eigenvalue weighted by atomic mass is 10.1. The van der Waals surface area contributed by atoms with Gasteiger partial charge in [0.05, 0.1) is 11.3 Å². The van der Waals surface area contributed by atoms with Gasteiger partial charge in [-0.05, 0) is 37.6 Å². The summed E-state index contributed by atoms with van der Waals surface area (Å²) < 4.78 is 15.8. The molecule has 9 heteroatoms. The van der Waals surface area contributed by atoms with Crippen molar-refractivity contribution in [1.29, 1.82) is 0 Å². The molecule has 4 aromatic rings. The van der Waals surface area contributed by atoms with E-state index in [4.69, 9.17) is 5.11 Å². The van der Waals surface area contributed by atoms with Crippen molar-refractivity contribution in [2.45, 2.75) is 19.9 Å². The fourth-order valence-corrected chi connectivity index (χ4v) is 3.05. The molecule has 3 aromatic heterocycles. The lowest BCUT2D eigenvalue weighted by Crippen LogP contribution is -2.28. The molecule has 0 aliphatic carbocycles. The third kappa shape index (κ3) is 2.55. The van der Waals surface area contributed by atoms with E-state index in [1.165, 1.54) is 29.8 Å². The Hall–Kier alpha value is -3.62. The smallest absolute Gasteiger partial charge is 0.326 e. The molecule has 136 valence electrons. The number of hydrogen-bond acceptors (Lipinski definition) is 5. The standard InChI is InChI=1S/C18H14FN5O3/c1-9-14(11-3-5-12(19)6-4-11)16-21-20-15-13(24(16)22-9)7-8-23(17(15)25)10(2)18(26)27/h3-8,10H,1-2H3,(H,26,27)/t10-/m1/s1. The van der Waals surface area contributed by atoms with Crippen molar-refractivity contribution in [3.63, 3.8) is 0 Å². The minimum absolute atomic E-state index is 0.0197. The Kier molecular flexibility index (Phi) is 3.72. The molecule has 1 aromatic carbocycles. The summed E-state index contributed by atoms with van der Waals surface area (Å²) >= 11 is 0. The number of rotatable bonds is 3. The maximum Gasteiger partial charge on any atom is 0.326 e. The number of carboxylic acid groups (broad SMARTS) is 1. The first-order chi connectivity index (χ1) is 12.9. The molecule has 0 bridgehead atoms. The Morgan fingerprint density at radius 2 is 1.89 bits per heavy atom. The molecule has 4 rings (SSSR count). The second kappa shape index (κ2) is 5.97. The van der Waals surface area contributed by atoms with Gasteiger partial charge in [0.2, 0.25) is 0 Å². The number of hydrogen-bond donors (Lipinski definition) is 1. The average Bonchev–Trinajstić information content (AvgIpc) is 2.98. The number of carbonyl (C=O) groups is 1. The first-order valence-electron chi connectivity index (χ1n) is 8.14. The van der Waals surface area contributed by atoms with Crippen LogP contribution in [0, 0.1) is 12.7 Å². The number of benzene rings is 1. The number of aryl methyl sites for hydroxylation is 1. The van der Waals surface area contributed by atoms with Gasteiger partial charge in [0.1, 0.15) is 17.4 Å². The van der Waals surface area contributed by atoms with E-state index in [1.807, 2.05) is 0 Å². The monoisotopic (exact) mass is 367 g/mol. The van der Waals surface area contributed by atoms with Crippen molar-refractivity contribution in [2.75, 3.05) is 0 Å². The van der Waals surface area contributed by atoms with Crippen LogP contribution in [0.1, 0.15) is 18.7 Å². The highest BCUT2D eigenvalue weighted by Gasteiger charge is 2.20. The summed E-state index contributed by atoms with van der Waals surface area (Å²) in [5.74, 6) is -1.48. The Balaban J connectivity index is 1.99. The predicted molar refractivity (Wildman–Crippen MR) is 95.0 cm³/mol. The molecule has 27 heavy (non-hydrogen) atoms. The van der Waals surface area contributed by atoms with Gasteiger partial charge in [0, 0.05) is 6.20 Å². The summed E-state index contributed by atoms with van der Waals surface area (Å²) in [5, 5.41) is 21.7. The van der Waals surface area contributed by atoms with E-state index in [9.17, 15) is 14.0 Å². The van der Waals surface area contributed by atoms with Gasteiger partial charge in [-0.2, -0.15) is 5.10 Å². The average molecular weight is 367 g/mol. The number of fused-ring (bicyclic) bond motifs is 3. The lowest BCUT2D eigenvalue weighted by Gasteiger charge is -2.11. The molecule has 1 N–H and O–H groups in total. The summed E-state index contributed by atoms with van der Waals surface area (Å²) in [4.78, 5) is 23.8. The van der Waals surface area contributed by atoms with E-state index in [2.05, 4.69) is 15.3 Å². The van der Waals surface area contributed by atoms with E-state index < -0.39 is 17.6 Å². The van der Waals surface area contributed by atoms with Crippen molar-refractivity contribution in [3.05, 3.63) is 58.4 Å². The zero-order valence-corrected chi connectivity index (χ0v) is 14.4. The zero-order chi connectivity index (χ0) is 19.3. The summed E-state index contributed by atoms with van der Waals surface area (Å²) in [6.07, 6.45) is 1.40. The van der Waals surface area contributed by atoms with Crippen LogP contribution in [0.3, 0.4) is 0 Å². The maximum absolute atomic E-state index is 13.2. The molecule has 0 saturated heterocycles. The first-order valence-corrected chi connectivity index (χ1v) is 8.14. The van der Waals surface area contributed by atoms with Crippen LogP contribution in [-0.2, 0) is 4.79 Å². The Morgan fingerprint density at radius 1 is 1.19 bits per heavy atom. The van der Waals surface area contributed by atoms with Gasteiger partial charge in [-0.3, -0.25) is 9.36 Å². The van der Waals surface area contributed by atoms with E-state index in [0.717, 1.165) is 10.1 Å². The summed E-state index contributed by atoms with van der Waals surface area (Å²) in [5.41, 5.74) is 2.36. The molecule has 0 unspecified atom stereocenters. The fraction of sp³-hybridized carbons (Fsp3) is 0.167. The first kappa shape index (κ1) is 16.8. The number of nitrogens with zero attached hydrogens (tertiary/aromatic N) is 5. The second-order valence-corrected chi connectivity index (χ2v) is 6.18. The Bertz CT molecular complexity index is 1260. The summed E-state index contributed by atoms with van der Waals surface area (Å²) in [7, 11) is 0. The maximum atomic E-state index is 13.2. The predicted octanol–water partition coefficient (Wildman–Crippen LogP) is 2.20. The Morgan fingerprint density at radius 3 is 2.56 bits per heavy atom. The molecular formula is C18H14FN5O3. The van der Waals surface area contributed by atoms with Crippen molar-refractivity contribution in [1.82, 2.24) is 24.4 Å². The van der Waals surface area contributed by atoms with Crippen LogP contribution in [0.5, 0.6) is 0 Å². The van der Waals surface area contributed by atoms with Crippen LogP contribution in [0.4, 0.5) is 4.39 Å². The van der Waals surface area contributed by atoms with Gasteiger partial charge in [-0.1, -0.05) is 12.1 Å². The number of halogens is 1. The molecule has 0 amide bonds. The third-order valence-electron chi connectivity index (χ3n) is 4.49. The molecule has 0 radical (unpaired) electrons. The van der Waals surface area contributed by atoms with E-state index in [1.54, 1.807) is 25.1 Å². The van der Waals surface area contributed by atoms with E-state index >= 15 is 0 Å². The van der Waals surface area contributed by atoms with Gasteiger partial charge in [0.25, 0.3) is 5.56 Å². The SMILES string of the molecule is Cc1nn2c(nnc3c(=O)n([C@H](C)C(=O)O)ccc32)c1-c1ccc(F)cc1. The number of aromatic nitrogens is 5. The van der Waals surface area contributed by atoms with Crippen LogP contribution < -0.4 is 5.56 Å². The van der Waals surface area contributed by atoms with Crippen LogP contribution in [0.25, 0.3) is 27.8 Å². The summed E-state index contributed by atoms with van der Waals surface area (Å²) in [6.45, 7) is 3.19. The van der Waals surface area contributed by atoms with Crippen LogP contribution in [0.15, 0.2) is 41.3 Å². The minimum Gasteiger partial charge on any atom is -0.480 e. The Labute approximate surface area is 151 Å².